The minimum Gasteiger partial charge on any atom is -0.416 e. The Hall–Kier alpha value is -5.09. The van der Waals surface area contributed by atoms with E-state index in [1.54, 1.807) is 0 Å². The van der Waals surface area contributed by atoms with Gasteiger partial charge >= 0.3 is 20.9 Å². The van der Waals surface area contributed by atoms with Crippen LogP contribution in [0.25, 0.3) is 0 Å². The highest BCUT2D eigenvalue weighted by molar-refractivity contribution is 7.15. The van der Waals surface area contributed by atoms with Gasteiger partial charge in [-0.2, -0.15) is 0 Å². The molecule has 6 aromatic carbocycles. The van der Waals surface area contributed by atoms with Crippen molar-refractivity contribution in [1.29, 1.82) is 0 Å². The van der Waals surface area contributed by atoms with Gasteiger partial charge in [0.2, 0.25) is 0 Å². The third kappa shape index (κ3) is 5.50. The summed E-state index contributed by atoms with van der Waals surface area (Å²) in [5.74, 6) is 0. The SMILES string of the molecule is Cc1cccc(C)c1B1N(c2ccccc2)B(c2c(C)cccc2C)N(c2ccccc2)B(c2c(C)cccc2C)N1c1ccccc1. The van der Waals surface area contributed by atoms with Crippen molar-refractivity contribution in [1.82, 2.24) is 0 Å². The summed E-state index contributed by atoms with van der Waals surface area (Å²) in [7, 11) is 0. The highest BCUT2D eigenvalue weighted by Crippen LogP contribution is 2.35. The molecule has 6 aromatic rings. The summed E-state index contributed by atoms with van der Waals surface area (Å²) >= 11 is 0. The van der Waals surface area contributed by atoms with Crippen molar-refractivity contribution in [3.05, 3.63) is 179 Å². The lowest BCUT2D eigenvalue weighted by molar-refractivity contribution is 1.26. The number of hydrogen-bond acceptors (Lipinski definition) is 3. The van der Waals surface area contributed by atoms with Crippen molar-refractivity contribution < 1.29 is 0 Å². The first-order valence-electron chi connectivity index (χ1n) is 17.1. The molecule has 7 rings (SSSR count). The fourth-order valence-corrected chi connectivity index (χ4v) is 7.99. The van der Waals surface area contributed by atoms with E-state index in [1.807, 2.05) is 0 Å². The van der Waals surface area contributed by atoms with Crippen molar-refractivity contribution in [3.8, 4) is 0 Å². The number of anilines is 3. The van der Waals surface area contributed by atoms with Gasteiger partial charge in [0, 0.05) is 17.1 Å². The van der Waals surface area contributed by atoms with Crippen LogP contribution in [-0.4, -0.2) is 20.9 Å². The number of hydrogen-bond donors (Lipinski definition) is 0. The summed E-state index contributed by atoms with van der Waals surface area (Å²) in [5, 5.41) is 0. The van der Waals surface area contributed by atoms with E-state index in [0.29, 0.717) is 0 Å². The van der Waals surface area contributed by atoms with E-state index in [0.717, 1.165) is 0 Å². The Bertz CT molecular complexity index is 1730. The highest BCUT2D eigenvalue weighted by Gasteiger charge is 2.57. The quantitative estimate of drug-likeness (QED) is 0.178. The van der Waals surface area contributed by atoms with Gasteiger partial charge in [0.15, 0.2) is 0 Å². The zero-order valence-corrected chi connectivity index (χ0v) is 28.9. The summed E-state index contributed by atoms with van der Waals surface area (Å²) in [6.07, 6.45) is 0. The smallest absolute Gasteiger partial charge is 0.389 e. The third-order valence-corrected chi connectivity index (χ3v) is 10.1. The summed E-state index contributed by atoms with van der Waals surface area (Å²) in [5.41, 5.74) is 15.3. The van der Waals surface area contributed by atoms with Crippen LogP contribution in [0, 0.1) is 41.5 Å². The monoisotopic (exact) mass is 621 g/mol. The molecule has 0 amide bonds. The van der Waals surface area contributed by atoms with Gasteiger partial charge in [0.1, 0.15) is 0 Å². The van der Waals surface area contributed by atoms with Gasteiger partial charge in [-0.3, -0.25) is 0 Å². The Morgan fingerprint density at radius 1 is 0.271 bits per heavy atom. The van der Waals surface area contributed by atoms with E-state index >= 15 is 0 Å². The molecular formula is C42H42B3N3. The van der Waals surface area contributed by atoms with Crippen LogP contribution in [0.15, 0.2) is 146 Å². The van der Waals surface area contributed by atoms with Gasteiger partial charge < -0.3 is 14.2 Å². The highest BCUT2D eigenvalue weighted by atomic mass is 15.3. The Morgan fingerprint density at radius 2 is 0.479 bits per heavy atom. The van der Waals surface area contributed by atoms with Crippen LogP contribution in [-0.2, 0) is 0 Å². The van der Waals surface area contributed by atoms with Crippen LogP contribution in [0.4, 0.5) is 17.1 Å². The van der Waals surface area contributed by atoms with Crippen molar-refractivity contribution >= 4 is 54.4 Å². The molecule has 48 heavy (non-hydrogen) atoms. The van der Waals surface area contributed by atoms with Crippen LogP contribution < -0.4 is 30.6 Å². The van der Waals surface area contributed by atoms with E-state index in [9.17, 15) is 0 Å². The topological polar surface area (TPSA) is 9.72 Å². The number of aryl methyl sites for hydroxylation is 6. The predicted molar refractivity (Wildman–Crippen MR) is 211 cm³/mol. The van der Waals surface area contributed by atoms with E-state index < -0.39 is 0 Å². The predicted octanol–water partition coefficient (Wildman–Crippen LogP) is 7.56. The maximum Gasteiger partial charge on any atom is 0.389 e. The molecule has 0 saturated carbocycles. The molecule has 1 saturated heterocycles. The van der Waals surface area contributed by atoms with E-state index in [2.05, 4.69) is 201 Å². The first-order valence-corrected chi connectivity index (χ1v) is 17.1. The molecule has 1 heterocycles. The van der Waals surface area contributed by atoms with Crippen molar-refractivity contribution in [2.45, 2.75) is 41.5 Å². The van der Waals surface area contributed by atoms with Crippen molar-refractivity contribution in [3.63, 3.8) is 0 Å². The molecule has 0 unspecified atom stereocenters. The van der Waals surface area contributed by atoms with Gasteiger partial charge in [-0.05, 0) is 94.3 Å². The molecular weight excluding hydrogens is 579 g/mol. The van der Waals surface area contributed by atoms with Gasteiger partial charge in [-0.25, -0.2) is 0 Å². The van der Waals surface area contributed by atoms with E-state index in [4.69, 9.17) is 0 Å². The molecule has 0 aliphatic carbocycles. The average Bonchev–Trinajstić information content (AvgIpc) is 3.09. The van der Waals surface area contributed by atoms with Crippen molar-refractivity contribution in [2.75, 3.05) is 14.2 Å². The standard InChI is InChI=1S/C42H42B3N3/c1-31-19-16-20-32(2)40(31)43-46(37-25-10-7-11-26-37)44(41-33(3)21-17-22-34(41)4)48(39-29-14-9-15-30-39)45(42-35(5)23-18-24-36(42)6)47(43)38-27-12-8-13-28-38/h7-30H,1-6H3. The minimum absolute atomic E-state index is 0.135. The Morgan fingerprint density at radius 3 is 0.688 bits per heavy atom. The second-order valence-corrected chi connectivity index (χ2v) is 13.3. The lowest BCUT2D eigenvalue weighted by Gasteiger charge is -2.58. The molecule has 0 spiro atoms. The van der Waals surface area contributed by atoms with Gasteiger partial charge in [-0.1, -0.05) is 143 Å². The number of benzene rings is 6. The van der Waals surface area contributed by atoms with Crippen LogP contribution >= 0.6 is 0 Å². The van der Waals surface area contributed by atoms with Gasteiger partial charge in [0.25, 0.3) is 0 Å². The molecule has 0 atom stereocenters. The minimum atomic E-state index is -0.135. The lowest BCUT2D eigenvalue weighted by Crippen LogP contribution is -2.87. The first-order chi connectivity index (χ1) is 23.4. The average molecular weight is 621 g/mol. The molecule has 1 fully saturated rings. The number of para-hydroxylation sites is 3. The van der Waals surface area contributed by atoms with Crippen LogP contribution in [0.3, 0.4) is 0 Å². The Labute approximate surface area is 288 Å². The molecule has 0 aromatic heterocycles. The number of rotatable bonds is 6. The normalized spacial score (nSPS) is 13.4. The van der Waals surface area contributed by atoms with Crippen LogP contribution in [0.1, 0.15) is 33.4 Å². The summed E-state index contributed by atoms with van der Waals surface area (Å²) < 4.78 is 8.07. The second-order valence-electron chi connectivity index (χ2n) is 13.3. The summed E-state index contributed by atoms with van der Waals surface area (Å²) in [6, 6.07) is 53.4. The summed E-state index contributed by atoms with van der Waals surface area (Å²) in [4.78, 5) is 0. The second kappa shape index (κ2) is 13.2. The maximum atomic E-state index is 2.69. The molecule has 1 aliphatic heterocycles. The molecule has 3 nitrogen and oxygen atoms in total. The largest absolute Gasteiger partial charge is 0.416 e. The van der Waals surface area contributed by atoms with Gasteiger partial charge in [-0.15, -0.1) is 0 Å². The summed E-state index contributed by atoms with van der Waals surface area (Å²) in [6.45, 7) is 13.3. The molecule has 234 valence electrons. The van der Waals surface area contributed by atoms with Crippen LogP contribution in [0.5, 0.6) is 0 Å². The maximum absolute atomic E-state index is 2.69. The Balaban J connectivity index is 1.70. The first kappa shape index (κ1) is 31.5. The molecule has 0 radical (unpaired) electrons. The van der Waals surface area contributed by atoms with Crippen molar-refractivity contribution in [2.24, 2.45) is 0 Å². The van der Waals surface area contributed by atoms with Gasteiger partial charge in [0.05, 0.1) is 0 Å². The lowest BCUT2D eigenvalue weighted by atomic mass is 9.35. The van der Waals surface area contributed by atoms with E-state index in [1.165, 1.54) is 66.8 Å². The fourth-order valence-electron chi connectivity index (χ4n) is 7.99. The fraction of sp³-hybridized carbons (Fsp3) is 0.143. The molecule has 1 aliphatic rings. The molecule has 6 heteroatoms. The molecule has 0 N–H and O–H groups in total. The molecule has 0 bridgehead atoms. The van der Waals surface area contributed by atoms with Crippen LogP contribution in [0.2, 0.25) is 0 Å². The zero-order chi connectivity index (χ0) is 33.4. The Kier molecular flexibility index (Phi) is 8.66. The zero-order valence-electron chi connectivity index (χ0n) is 28.9. The van der Waals surface area contributed by atoms with E-state index in [-0.39, 0.29) is 20.9 Å². The third-order valence-electron chi connectivity index (χ3n) is 10.1. The number of nitrogens with zero attached hydrogens (tertiary/aromatic N) is 3.